The molecule has 0 fully saturated rings. The van der Waals surface area contributed by atoms with Crippen LogP contribution in [0.3, 0.4) is 0 Å². The van der Waals surface area contributed by atoms with Crippen LogP contribution in [0.1, 0.15) is 31.9 Å². The van der Waals surface area contributed by atoms with Gasteiger partial charge in [-0.25, -0.2) is 8.42 Å². The van der Waals surface area contributed by atoms with Crippen molar-refractivity contribution in [3.63, 3.8) is 0 Å². The van der Waals surface area contributed by atoms with E-state index in [0.29, 0.717) is 15.6 Å². The number of carbonyl (C=O) groups excluding carboxylic acids is 2. The van der Waals surface area contributed by atoms with Crippen LogP contribution in [-0.4, -0.2) is 49.5 Å². The maximum Gasteiger partial charge on any atom is 0.244 e. The third-order valence-corrected chi connectivity index (χ3v) is 8.46. The highest BCUT2D eigenvalue weighted by atomic mass is 35.5. The molecule has 3 aromatic carbocycles. The van der Waals surface area contributed by atoms with Gasteiger partial charge in [0, 0.05) is 28.5 Å². The van der Waals surface area contributed by atoms with Crippen molar-refractivity contribution in [1.29, 1.82) is 0 Å². The first-order valence-electron chi connectivity index (χ1n) is 12.6. The molecule has 0 bridgehead atoms. The summed E-state index contributed by atoms with van der Waals surface area (Å²) in [6.07, 6.45) is 1.16. The SMILES string of the molecule is CC(C)(C)NC(=O)[C@H](Cc1ccccc1)N(Cc1ccc(Cl)cc1Cl)C(=O)CN(c1ccc(Cl)c(Cl)c1)S(C)(=O)=O. The lowest BCUT2D eigenvalue weighted by Crippen LogP contribution is -2.56. The summed E-state index contributed by atoms with van der Waals surface area (Å²) in [5.74, 6) is -1.03. The Morgan fingerprint density at radius 3 is 2.10 bits per heavy atom. The highest BCUT2D eigenvalue weighted by Gasteiger charge is 2.34. The van der Waals surface area contributed by atoms with Crippen LogP contribution < -0.4 is 9.62 Å². The summed E-state index contributed by atoms with van der Waals surface area (Å²) >= 11 is 24.8. The summed E-state index contributed by atoms with van der Waals surface area (Å²) in [6.45, 7) is 4.83. The molecule has 1 N–H and O–H groups in total. The topological polar surface area (TPSA) is 86.8 Å². The number of nitrogens with one attached hydrogen (secondary N) is 1. The van der Waals surface area contributed by atoms with E-state index in [0.717, 1.165) is 16.1 Å². The number of benzene rings is 3. The van der Waals surface area contributed by atoms with Crippen molar-refractivity contribution in [3.8, 4) is 0 Å². The van der Waals surface area contributed by atoms with Crippen LogP contribution >= 0.6 is 46.4 Å². The number of halogens is 4. The molecule has 1 atom stereocenters. The second-order valence-corrected chi connectivity index (χ2v) is 14.1. The van der Waals surface area contributed by atoms with E-state index in [-0.39, 0.29) is 28.7 Å². The largest absolute Gasteiger partial charge is 0.350 e. The molecular weight excluding hydrogens is 628 g/mol. The van der Waals surface area contributed by atoms with Gasteiger partial charge < -0.3 is 10.2 Å². The summed E-state index contributed by atoms with van der Waals surface area (Å²) < 4.78 is 26.7. The number of nitrogens with zero attached hydrogens (tertiary/aromatic N) is 2. The van der Waals surface area contributed by atoms with Gasteiger partial charge in [0.1, 0.15) is 12.6 Å². The normalized spacial score (nSPS) is 12.5. The third-order valence-electron chi connectivity index (χ3n) is 6.00. The van der Waals surface area contributed by atoms with E-state index < -0.39 is 40.0 Å². The van der Waals surface area contributed by atoms with Crippen molar-refractivity contribution >= 4 is 73.9 Å². The van der Waals surface area contributed by atoms with Gasteiger partial charge in [-0.2, -0.15) is 0 Å². The van der Waals surface area contributed by atoms with Crippen LogP contribution in [0.5, 0.6) is 0 Å². The van der Waals surface area contributed by atoms with Crippen molar-refractivity contribution in [1.82, 2.24) is 10.2 Å². The molecule has 7 nitrogen and oxygen atoms in total. The molecule has 3 rings (SSSR count). The molecule has 12 heteroatoms. The molecule has 0 aromatic heterocycles. The van der Waals surface area contributed by atoms with Gasteiger partial charge >= 0.3 is 0 Å². The molecule has 3 aromatic rings. The number of carbonyl (C=O) groups is 2. The van der Waals surface area contributed by atoms with Crippen LogP contribution in [0.2, 0.25) is 20.1 Å². The minimum Gasteiger partial charge on any atom is -0.350 e. The Balaban J connectivity index is 2.11. The van der Waals surface area contributed by atoms with Crippen molar-refractivity contribution < 1.29 is 18.0 Å². The molecule has 0 saturated carbocycles. The molecule has 0 radical (unpaired) electrons. The monoisotopic (exact) mass is 657 g/mol. The molecule has 220 valence electrons. The molecule has 0 spiro atoms. The summed E-state index contributed by atoms with van der Waals surface area (Å²) in [4.78, 5) is 29.2. The van der Waals surface area contributed by atoms with Gasteiger partial charge in [0.25, 0.3) is 0 Å². The first-order chi connectivity index (χ1) is 19.0. The first kappa shape index (κ1) is 33.0. The highest BCUT2D eigenvalue weighted by molar-refractivity contribution is 7.92. The van der Waals surface area contributed by atoms with Crippen LogP contribution in [0.4, 0.5) is 5.69 Å². The maximum atomic E-state index is 14.1. The third kappa shape index (κ3) is 9.51. The number of amides is 2. The van der Waals surface area contributed by atoms with Gasteiger partial charge in [-0.1, -0.05) is 82.8 Å². The molecule has 0 aliphatic carbocycles. The quantitative estimate of drug-likeness (QED) is 0.265. The lowest BCUT2D eigenvalue weighted by molar-refractivity contribution is -0.140. The predicted molar refractivity (Wildman–Crippen MR) is 167 cm³/mol. The van der Waals surface area contributed by atoms with Gasteiger partial charge in [0.2, 0.25) is 21.8 Å². The molecule has 0 aliphatic rings. The Morgan fingerprint density at radius 2 is 1.54 bits per heavy atom. The smallest absolute Gasteiger partial charge is 0.244 e. The Kier molecular flexibility index (Phi) is 11.0. The lowest BCUT2D eigenvalue weighted by Gasteiger charge is -2.35. The molecule has 41 heavy (non-hydrogen) atoms. The van der Waals surface area contributed by atoms with Crippen molar-refractivity contribution in [2.75, 3.05) is 17.1 Å². The van der Waals surface area contributed by atoms with E-state index in [9.17, 15) is 18.0 Å². The van der Waals surface area contributed by atoms with Crippen LogP contribution in [0.15, 0.2) is 66.7 Å². The lowest BCUT2D eigenvalue weighted by atomic mass is 10.0. The standard InChI is InChI=1S/C29H31Cl4N3O4S/c1-29(2,3)34-28(38)26(14-19-8-6-5-7-9-19)35(17-20-10-11-21(30)15-24(20)32)27(37)18-36(41(4,39)40)22-12-13-23(31)25(33)16-22/h5-13,15-16,26H,14,17-18H2,1-4H3,(H,34,38)/t26-/m0/s1. The van der Waals surface area contributed by atoms with Crippen molar-refractivity contribution in [2.24, 2.45) is 0 Å². The van der Waals surface area contributed by atoms with Crippen molar-refractivity contribution in [2.45, 2.75) is 45.3 Å². The zero-order valence-electron chi connectivity index (χ0n) is 23.0. The zero-order chi connectivity index (χ0) is 30.5. The van der Waals surface area contributed by atoms with E-state index in [1.165, 1.54) is 23.1 Å². The average molecular weight is 659 g/mol. The van der Waals surface area contributed by atoms with Crippen molar-refractivity contribution in [3.05, 3.63) is 97.9 Å². The predicted octanol–water partition coefficient (Wildman–Crippen LogP) is 6.62. The number of sulfonamides is 1. The van der Waals surface area contributed by atoms with Crippen LogP contribution in [0.25, 0.3) is 0 Å². The van der Waals surface area contributed by atoms with Gasteiger partial charge in [-0.05, 0) is 62.2 Å². The Bertz CT molecular complexity index is 1510. The van der Waals surface area contributed by atoms with E-state index in [2.05, 4.69) is 5.32 Å². The minimum atomic E-state index is -3.96. The maximum absolute atomic E-state index is 14.1. The molecule has 2 amide bonds. The van der Waals surface area contributed by atoms with Gasteiger partial charge in [-0.3, -0.25) is 13.9 Å². The van der Waals surface area contributed by atoms with Gasteiger partial charge in [0.15, 0.2) is 0 Å². The number of hydrogen-bond donors (Lipinski definition) is 1. The fourth-order valence-electron chi connectivity index (χ4n) is 4.09. The summed E-state index contributed by atoms with van der Waals surface area (Å²) in [5, 5.41) is 4.03. The Hall–Kier alpha value is -2.49. The Labute approximate surface area is 261 Å². The molecule has 0 aliphatic heterocycles. The minimum absolute atomic E-state index is 0.0805. The molecule has 0 heterocycles. The first-order valence-corrected chi connectivity index (χ1v) is 15.9. The fraction of sp³-hybridized carbons (Fsp3) is 0.310. The summed E-state index contributed by atoms with van der Waals surface area (Å²) in [5.41, 5.74) is 0.897. The zero-order valence-corrected chi connectivity index (χ0v) is 26.8. The van der Waals surface area contributed by atoms with Crippen LogP contribution in [-0.2, 0) is 32.6 Å². The van der Waals surface area contributed by atoms with E-state index in [1.54, 1.807) is 18.2 Å². The highest BCUT2D eigenvalue weighted by Crippen LogP contribution is 2.29. The molecular formula is C29H31Cl4N3O4S. The van der Waals surface area contributed by atoms with E-state index in [4.69, 9.17) is 46.4 Å². The Morgan fingerprint density at radius 1 is 0.878 bits per heavy atom. The number of hydrogen-bond acceptors (Lipinski definition) is 4. The molecule has 0 saturated heterocycles. The van der Waals surface area contributed by atoms with Gasteiger partial charge in [0.05, 0.1) is 22.0 Å². The van der Waals surface area contributed by atoms with Crippen LogP contribution in [0, 0.1) is 0 Å². The van der Waals surface area contributed by atoms with E-state index in [1.807, 2.05) is 51.1 Å². The second kappa shape index (κ2) is 13.7. The van der Waals surface area contributed by atoms with Gasteiger partial charge in [-0.15, -0.1) is 0 Å². The number of rotatable bonds is 10. The second-order valence-electron chi connectivity index (χ2n) is 10.6. The van der Waals surface area contributed by atoms with E-state index >= 15 is 0 Å². The number of anilines is 1. The summed E-state index contributed by atoms with van der Waals surface area (Å²) in [7, 11) is -3.96. The fourth-order valence-corrected chi connectivity index (χ4v) is 5.70. The average Bonchev–Trinajstić information content (AvgIpc) is 2.86. The summed E-state index contributed by atoms with van der Waals surface area (Å²) in [6, 6.07) is 17.3. The molecule has 0 unspecified atom stereocenters.